The molecule has 4 nitrogen and oxygen atoms in total. The number of aliphatic carboxylic acids is 1. The number of fused-ring (bicyclic) bond motifs is 1. The third-order valence-electron chi connectivity index (χ3n) is 4.65. The predicted octanol–water partition coefficient (Wildman–Crippen LogP) is 2.00. The zero-order valence-electron chi connectivity index (χ0n) is 10.2. The van der Waals surface area contributed by atoms with Crippen LogP contribution in [0, 0.1) is 17.3 Å². The van der Waals surface area contributed by atoms with Gasteiger partial charge in [-0.05, 0) is 37.5 Å². The molecule has 0 saturated heterocycles. The lowest BCUT2D eigenvalue weighted by Crippen LogP contribution is -2.51. The van der Waals surface area contributed by atoms with Gasteiger partial charge in [-0.25, -0.2) is 4.79 Å². The summed E-state index contributed by atoms with van der Waals surface area (Å²) in [5.74, 6) is -6.15. The first kappa shape index (κ1) is 12.6. The Morgan fingerprint density at radius 2 is 2.05 bits per heavy atom. The van der Waals surface area contributed by atoms with E-state index in [1.165, 1.54) is 5.57 Å². The summed E-state index contributed by atoms with van der Waals surface area (Å²) in [7, 11) is 0. The second-order valence-corrected chi connectivity index (χ2v) is 5.81. The van der Waals surface area contributed by atoms with Crippen molar-refractivity contribution in [2.45, 2.75) is 31.6 Å². The molecule has 104 valence electrons. The average molecular weight is 272 g/mol. The summed E-state index contributed by atoms with van der Waals surface area (Å²) in [5, 5.41) is 8.29. The monoisotopic (exact) mass is 272 g/mol. The summed E-state index contributed by atoms with van der Waals surface area (Å²) in [5.41, 5.74) is 0.717. The minimum absolute atomic E-state index is 0.403. The summed E-state index contributed by atoms with van der Waals surface area (Å²) >= 11 is 0. The highest BCUT2D eigenvalue weighted by Gasteiger charge is 2.57. The molecule has 2 unspecified atom stereocenters. The largest absolute Gasteiger partial charge is 0.477 e. The van der Waals surface area contributed by atoms with E-state index in [-0.39, 0.29) is 0 Å². The number of carboxylic acid groups (broad SMARTS) is 1. The first-order chi connectivity index (χ1) is 8.84. The highest BCUT2D eigenvalue weighted by molar-refractivity contribution is 5.80. The normalized spacial score (nSPS) is 35.4. The van der Waals surface area contributed by atoms with E-state index in [0.717, 1.165) is 6.42 Å². The first-order valence-electron chi connectivity index (χ1n) is 6.32. The van der Waals surface area contributed by atoms with Crippen molar-refractivity contribution >= 4 is 11.9 Å². The van der Waals surface area contributed by atoms with Gasteiger partial charge in [-0.3, -0.25) is 4.79 Å². The Bertz CT molecular complexity index is 469. The number of allylic oxidation sites excluding steroid dienone is 2. The van der Waals surface area contributed by atoms with Crippen LogP contribution in [0.3, 0.4) is 0 Å². The van der Waals surface area contributed by atoms with Gasteiger partial charge in [0.25, 0.3) is 0 Å². The van der Waals surface area contributed by atoms with E-state index in [1.54, 1.807) is 0 Å². The maximum atomic E-state index is 12.9. The number of halogens is 2. The molecule has 0 aromatic rings. The maximum Gasteiger partial charge on any atom is 0.378 e. The third kappa shape index (κ3) is 1.76. The second-order valence-electron chi connectivity index (χ2n) is 5.81. The molecule has 5 aliphatic carbocycles. The minimum atomic E-state index is -4.01. The lowest BCUT2D eigenvalue weighted by atomic mass is 9.48. The third-order valence-corrected chi connectivity index (χ3v) is 4.65. The smallest absolute Gasteiger partial charge is 0.378 e. The van der Waals surface area contributed by atoms with E-state index in [4.69, 9.17) is 5.11 Å². The van der Waals surface area contributed by atoms with Crippen LogP contribution in [0.1, 0.15) is 25.7 Å². The topological polar surface area (TPSA) is 63.6 Å². The van der Waals surface area contributed by atoms with Crippen LogP contribution in [-0.4, -0.2) is 29.6 Å². The van der Waals surface area contributed by atoms with Gasteiger partial charge >= 0.3 is 17.9 Å². The summed E-state index contributed by atoms with van der Waals surface area (Å²) in [4.78, 5) is 22.3. The van der Waals surface area contributed by atoms with E-state index in [9.17, 15) is 18.4 Å². The fourth-order valence-electron chi connectivity index (χ4n) is 3.65. The molecule has 6 heteroatoms. The second kappa shape index (κ2) is 3.77. The van der Waals surface area contributed by atoms with Crippen LogP contribution in [0.4, 0.5) is 8.78 Å². The van der Waals surface area contributed by atoms with E-state index in [0.29, 0.717) is 31.1 Å². The molecule has 0 aromatic carbocycles. The number of rotatable bonds is 4. The highest BCUT2D eigenvalue weighted by Crippen LogP contribution is 2.62. The number of hydrogen-bond donors (Lipinski definition) is 1. The van der Waals surface area contributed by atoms with Crippen LogP contribution in [0.2, 0.25) is 0 Å². The first-order valence-corrected chi connectivity index (χ1v) is 6.32. The van der Waals surface area contributed by atoms with Crippen molar-refractivity contribution in [1.82, 2.24) is 0 Å². The molecule has 0 heterocycles. The van der Waals surface area contributed by atoms with Gasteiger partial charge in [-0.2, -0.15) is 8.78 Å². The fourth-order valence-corrected chi connectivity index (χ4v) is 3.65. The lowest BCUT2D eigenvalue weighted by molar-refractivity contribution is -0.185. The molecular formula is C13H14F2O4. The molecule has 0 radical (unpaired) electrons. The minimum Gasteiger partial charge on any atom is -0.477 e. The van der Waals surface area contributed by atoms with E-state index in [1.807, 2.05) is 6.08 Å². The number of carbonyl (C=O) groups is 2. The standard InChI is InChI=1S/C13H14F2O4/c14-13(15,10(16)17)6-19-11(18)12-2-1-9-7(4-12)3-8(9)5-12/h1,7-8H,2-6H2,(H,16,17). The van der Waals surface area contributed by atoms with Crippen molar-refractivity contribution in [3.05, 3.63) is 11.6 Å². The Morgan fingerprint density at radius 3 is 2.58 bits per heavy atom. The molecule has 2 atom stereocenters. The van der Waals surface area contributed by atoms with Gasteiger partial charge in [0.05, 0.1) is 5.41 Å². The SMILES string of the molecule is O=C(O)C(F)(F)COC(=O)C12CC=C3C(CC3C1)C2. The van der Waals surface area contributed by atoms with Gasteiger partial charge in [-0.1, -0.05) is 11.6 Å². The summed E-state index contributed by atoms with van der Waals surface area (Å²) in [6, 6.07) is 0. The van der Waals surface area contributed by atoms with Crippen molar-refractivity contribution in [2.24, 2.45) is 17.3 Å². The van der Waals surface area contributed by atoms with Gasteiger partial charge in [0.15, 0.2) is 6.61 Å². The van der Waals surface area contributed by atoms with Crippen LogP contribution in [0.15, 0.2) is 11.6 Å². The van der Waals surface area contributed by atoms with Crippen LogP contribution >= 0.6 is 0 Å². The van der Waals surface area contributed by atoms with Gasteiger partial charge in [-0.15, -0.1) is 0 Å². The number of alkyl halides is 2. The summed E-state index contributed by atoms with van der Waals surface area (Å²) < 4.78 is 30.4. The van der Waals surface area contributed by atoms with E-state index in [2.05, 4.69) is 4.74 Å². The van der Waals surface area contributed by atoms with Crippen LogP contribution in [0.5, 0.6) is 0 Å². The van der Waals surface area contributed by atoms with Crippen LogP contribution < -0.4 is 0 Å². The Balaban J connectivity index is 1.66. The molecule has 5 aliphatic rings. The zero-order chi connectivity index (χ0) is 13.8. The zero-order valence-corrected chi connectivity index (χ0v) is 10.2. The van der Waals surface area contributed by atoms with Crippen molar-refractivity contribution < 1.29 is 28.2 Å². The lowest BCUT2D eigenvalue weighted by Gasteiger charge is -2.56. The maximum absolute atomic E-state index is 12.9. The summed E-state index contributed by atoms with van der Waals surface area (Å²) in [6.45, 7) is -1.38. The molecule has 19 heavy (non-hydrogen) atoms. The molecule has 1 N–H and O–H groups in total. The Hall–Kier alpha value is -1.46. The van der Waals surface area contributed by atoms with Gasteiger partial charge in [0.2, 0.25) is 0 Å². The Labute approximate surface area is 108 Å². The van der Waals surface area contributed by atoms with Crippen LogP contribution in [-0.2, 0) is 14.3 Å². The number of carboxylic acids is 1. The Morgan fingerprint density at radius 1 is 1.42 bits per heavy atom. The van der Waals surface area contributed by atoms with Crippen LogP contribution in [0.25, 0.3) is 0 Å². The molecule has 3 saturated carbocycles. The van der Waals surface area contributed by atoms with Crippen molar-refractivity contribution in [3.63, 3.8) is 0 Å². The molecule has 0 spiro atoms. The van der Waals surface area contributed by atoms with Gasteiger partial charge in [0, 0.05) is 0 Å². The molecular weight excluding hydrogens is 258 g/mol. The highest BCUT2D eigenvalue weighted by atomic mass is 19.3. The predicted molar refractivity (Wildman–Crippen MR) is 59.5 cm³/mol. The van der Waals surface area contributed by atoms with Gasteiger partial charge in [0.1, 0.15) is 0 Å². The quantitative estimate of drug-likeness (QED) is 0.628. The number of esters is 1. The van der Waals surface area contributed by atoms with E-state index >= 15 is 0 Å². The van der Waals surface area contributed by atoms with Crippen molar-refractivity contribution in [2.75, 3.05) is 6.61 Å². The molecule has 0 aromatic heterocycles. The summed E-state index contributed by atoms with van der Waals surface area (Å²) in [6.07, 6.45) is 4.96. The molecule has 5 rings (SSSR count). The molecule has 3 fully saturated rings. The number of ether oxygens (including phenoxy) is 1. The molecule has 4 bridgehead atoms. The number of hydrogen-bond acceptors (Lipinski definition) is 3. The number of carbonyl (C=O) groups excluding carboxylic acids is 1. The molecule has 0 amide bonds. The van der Waals surface area contributed by atoms with E-state index < -0.39 is 29.9 Å². The van der Waals surface area contributed by atoms with Crippen molar-refractivity contribution in [1.29, 1.82) is 0 Å². The molecule has 0 aliphatic heterocycles. The average Bonchev–Trinajstić information content (AvgIpc) is 2.36. The van der Waals surface area contributed by atoms with Gasteiger partial charge < -0.3 is 9.84 Å². The Kier molecular flexibility index (Phi) is 2.50. The fraction of sp³-hybridized carbons (Fsp3) is 0.692. The van der Waals surface area contributed by atoms with Crippen molar-refractivity contribution in [3.8, 4) is 0 Å².